The molecule has 3 heterocycles. The predicted octanol–water partition coefficient (Wildman–Crippen LogP) is 4.58. The van der Waals surface area contributed by atoms with Crippen molar-refractivity contribution in [3.63, 3.8) is 0 Å². The Hall–Kier alpha value is -2.86. The van der Waals surface area contributed by atoms with Crippen molar-refractivity contribution in [1.82, 2.24) is 9.88 Å². The molecule has 0 aliphatic carbocycles. The van der Waals surface area contributed by atoms with Crippen molar-refractivity contribution in [3.05, 3.63) is 78.0 Å². The highest BCUT2D eigenvalue weighted by atomic mass is 16.5. The lowest BCUT2D eigenvalue weighted by Crippen LogP contribution is -2.46. The van der Waals surface area contributed by atoms with Gasteiger partial charge < -0.3 is 24.5 Å². The van der Waals surface area contributed by atoms with E-state index in [1.807, 2.05) is 30.5 Å². The summed E-state index contributed by atoms with van der Waals surface area (Å²) < 4.78 is 12.4. The third kappa shape index (κ3) is 3.37. The standard InChI is InChI=1S/C27H28N2O3/c30-20(17-31-26-7-3-6-25-22(26)10-13-28-25)16-29-14-11-27(12-15-29)24-9-8-19-4-1-2-5-21(19)23(24)18-32-27/h1-10,13,20,28,30H,11-12,14-18H2. The number of hydrogen-bond donors (Lipinski definition) is 2. The van der Waals surface area contributed by atoms with Gasteiger partial charge >= 0.3 is 0 Å². The molecule has 0 saturated carbocycles. The molecule has 0 bridgehead atoms. The summed E-state index contributed by atoms with van der Waals surface area (Å²) in [6.45, 7) is 3.42. The number of likely N-dealkylation sites (tertiary alicyclic amines) is 1. The van der Waals surface area contributed by atoms with Crippen LogP contribution in [-0.4, -0.2) is 47.3 Å². The molecule has 1 saturated heterocycles. The molecule has 2 aliphatic heterocycles. The number of ether oxygens (including phenoxy) is 2. The average molecular weight is 429 g/mol. The van der Waals surface area contributed by atoms with E-state index in [1.165, 1.54) is 21.9 Å². The Balaban J connectivity index is 1.08. The second-order valence-electron chi connectivity index (χ2n) is 9.06. The van der Waals surface area contributed by atoms with Gasteiger partial charge in [0, 0.05) is 36.7 Å². The topological polar surface area (TPSA) is 57.7 Å². The van der Waals surface area contributed by atoms with Crippen molar-refractivity contribution < 1.29 is 14.6 Å². The van der Waals surface area contributed by atoms with E-state index < -0.39 is 6.10 Å². The molecule has 4 aromatic rings. The highest BCUT2D eigenvalue weighted by molar-refractivity contribution is 5.87. The van der Waals surface area contributed by atoms with Gasteiger partial charge in [-0.2, -0.15) is 0 Å². The third-order valence-electron chi connectivity index (χ3n) is 7.14. The van der Waals surface area contributed by atoms with Gasteiger partial charge in [0.25, 0.3) is 0 Å². The summed E-state index contributed by atoms with van der Waals surface area (Å²) in [7, 11) is 0. The summed E-state index contributed by atoms with van der Waals surface area (Å²) in [5.41, 5.74) is 3.58. The minimum Gasteiger partial charge on any atom is -0.490 e. The van der Waals surface area contributed by atoms with E-state index in [2.05, 4.69) is 46.3 Å². The molecule has 164 valence electrons. The molecule has 5 nitrogen and oxygen atoms in total. The van der Waals surface area contributed by atoms with Gasteiger partial charge in [0.15, 0.2) is 0 Å². The Labute approximate surface area is 187 Å². The average Bonchev–Trinajstić information content (AvgIpc) is 3.45. The van der Waals surface area contributed by atoms with E-state index in [0.29, 0.717) is 13.2 Å². The third-order valence-corrected chi connectivity index (χ3v) is 7.14. The Morgan fingerprint density at radius 1 is 1.00 bits per heavy atom. The zero-order valence-corrected chi connectivity index (χ0v) is 18.1. The first-order valence-electron chi connectivity index (χ1n) is 11.5. The second-order valence-corrected chi connectivity index (χ2v) is 9.06. The molecule has 2 aliphatic rings. The molecule has 1 aromatic heterocycles. The van der Waals surface area contributed by atoms with Crippen LogP contribution in [0, 0.1) is 0 Å². The van der Waals surface area contributed by atoms with Crippen molar-refractivity contribution in [2.75, 3.05) is 26.2 Å². The van der Waals surface area contributed by atoms with E-state index in [0.717, 1.165) is 42.6 Å². The van der Waals surface area contributed by atoms with Gasteiger partial charge in [0.05, 0.1) is 12.2 Å². The van der Waals surface area contributed by atoms with Gasteiger partial charge in [-0.25, -0.2) is 0 Å². The van der Waals surface area contributed by atoms with Crippen LogP contribution in [0.1, 0.15) is 24.0 Å². The van der Waals surface area contributed by atoms with Crippen molar-refractivity contribution in [2.24, 2.45) is 0 Å². The van der Waals surface area contributed by atoms with Crippen molar-refractivity contribution >= 4 is 21.7 Å². The highest BCUT2D eigenvalue weighted by Gasteiger charge is 2.43. The maximum absolute atomic E-state index is 10.6. The molecule has 1 fully saturated rings. The number of β-amino-alcohol motifs (C(OH)–C–C–N with tert-alkyl or cyclic N) is 1. The molecule has 3 aromatic carbocycles. The number of nitrogens with zero attached hydrogens (tertiary/aromatic N) is 1. The fraction of sp³-hybridized carbons (Fsp3) is 0.333. The Bertz CT molecular complexity index is 1260. The Morgan fingerprint density at radius 3 is 2.78 bits per heavy atom. The normalized spacial score (nSPS) is 18.9. The molecule has 1 atom stereocenters. The summed E-state index contributed by atoms with van der Waals surface area (Å²) in [6, 6.07) is 21.0. The minimum atomic E-state index is -0.529. The molecule has 0 radical (unpaired) electrons. The van der Waals surface area contributed by atoms with Crippen LogP contribution < -0.4 is 4.74 Å². The van der Waals surface area contributed by atoms with Crippen LogP contribution in [0.5, 0.6) is 5.75 Å². The van der Waals surface area contributed by atoms with Gasteiger partial charge in [-0.3, -0.25) is 0 Å². The first kappa shape index (κ1) is 19.8. The number of H-pyrrole nitrogens is 1. The molecule has 6 rings (SSSR count). The van der Waals surface area contributed by atoms with Crippen LogP contribution in [0.4, 0.5) is 0 Å². The molecule has 2 N–H and O–H groups in total. The number of rotatable bonds is 5. The number of hydrogen-bond acceptors (Lipinski definition) is 4. The number of aliphatic hydroxyl groups excluding tert-OH is 1. The summed E-state index contributed by atoms with van der Waals surface area (Å²) in [6.07, 6.45) is 3.28. The molecular formula is C27H28N2O3. The van der Waals surface area contributed by atoms with Crippen molar-refractivity contribution in [2.45, 2.75) is 31.2 Å². The fourth-order valence-electron chi connectivity index (χ4n) is 5.44. The number of aromatic nitrogens is 1. The first-order chi connectivity index (χ1) is 15.7. The summed E-state index contributed by atoms with van der Waals surface area (Å²) in [4.78, 5) is 5.52. The van der Waals surface area contributed by atoms with Crippen LogP contribution >= 0.6 is 0 Å². The Morgan fingerprint density at radius 2 is 1.88 bits per heavy atom. The summed E-state index contributed by atoms with van der Waals surface area (Å²) in [5, 5.41) is 14.3. The van der Waals surface area contributed by atoms with Crippen LogP contribution in [0.15, 0.2) is 66.9 Å². The van der Waals surface area contributed by atoms with E-state index in [1.54, 1.807) is 0 Å². The quantitative estimate of drug-likeness (QED) is 0.488. The number of benzene rings is 3. The van der Waals surface area contributed by atoms with Gasteiger partial charge in [-0.15, -0.1) is 0 Å². The molecular weight excluding hydrogens is 400 g/mol. The van der Waals surface area contributed by atoms with E-state index in [-0.39, 0.29) is 12.2 Å². The zero-order chi connectivity index (χ0) is 21.5. The van der Waals surface area contributed by atoms with E-state index in [9.17, 15) is 5.11 Å². The lowest BCUT2D eigenvalue weighted by atomic mass is 9.82. The second kappa shape index (κ2) is 7.93. The lowest BCUT2D eigenvalue weighted by molar-refractivity contribution is -0.0834. The number of aliphatic hydroxyl groups is 1. The van der Waals surface area contributed by atoms with Gasteiger partial charge in [0.1, 0.15) is 18.5 Å². The first-order valence-corrected chi connectivity index (χ1v) is 11.5. The van der Waals surface area contributed by atoms with Gasteiger partial charge in [0.2, 0.25) is 0 Å². The molecule has 0 amide bonds. The number of piperidine rings is 1. The maximum atomic E-state index is 10.6. The molecule has 1 spiro atoms. The monoisotopic (exact) mass is 428 g/mol. The molecule has 1 unspecified atom stereocenters. The predicted molar refractivity (Wildman–Crippen MR) is 126 cm³/mol. The van der Waals surface area contributed by atoms with Crippen LogP contribution in [0.25, 0.3) is 21.7 Å². The maximum Gasteiger partial charge on any atom is 0.128 e. The van der Waals surface area contributed by atoms with Gasteiger partial charge in [-0.05, 0) is 52.9 Å². The number of fused-ring (bicyclic) bond motifs is 5. The van der Waals surface area contributed by atoms with E-state index in [4.69, 9.17) is 9.47 Å². The van der Waals surface area contributed by atoms with Gasteiger partial charge in [-0.1, -0.05) is 42.5 Å². The smallest absolute Gasteiger partial charge is 0.128 e. The number of nitrogens with one attached hydrogen (secondary N) is 1. The summed E-state index contributed by atoms with van der Waals surface area (Å²) >= 11 is 0. The van der Waals surface area contributed by atoms with Crippen molar-refractivity contribution in [1.29, 1.82) is 0 Å². The zero-order valence-electron chi connectivity index (χ0n) is 18.1. The van der Waals surface area contributed by atoms with E-state index >= 15 is 0 Å². The largest absolute Gasteiger partial charge is 0.490 e. The van der Waals surface area contributed by atoms with Crippen LogP contribution in [0.3, 0.4) is 0 Å². The minimum absolute atomic E-state index is 0.179. The fourth-order valence-corrected chi connectivity index (χ4v) is 5.44. The van der Waals surface area contributed by atoms with Crippen molar-refractivity contribution in [3.8, 4) is 5.75 Å². The summed E-state index contributed by atoms with van der Waals surface area (Å²) in [5.74, 6) is 0.809. The SMILES string of the molecule is OC(COc1cccc2[nH]ccc12)CN1CCC2(CC1)OCc1c2ccc2ccccc12. The Kier molecular flexibility index (Phi) is 4.90. The van der Waals surface area contributed by atoms with Crippen LogP contribution in [-0.2, 0) is 16.9 Å². The lowest BCUT2D eigenvalue weighted by Gasteiger charge is -2.39. The van der Waals surface area contributed by atoms with Crippen LogP contribution in [0.2, 0.25) is 0 Å². The molecule has 5 heteroatoms. The highest BCUT2D eigenvalue weighted by Crippen LogP contribution is 2.46. The number of aromatic amines is 1. The molecule has 32 heavy (non-hydrogen) atoms.